The van der Waals surface area contributed by atoms with E-state index >= 15 is 0 Å². The zero-order chi connectivity index (χ0) is 47.1. The molecule has 0 N–H and O–H groups in total. The molecule has 8 nitrogen and oxygen atoms in total. The average Bonchev–Trinajstić information content (AvgIpc) is 3.36. The fourth-order valence-corrected chi connectivity index (χ4v) is 8.49. The van der Waals surface area contributed by atoms with Gasteiger partial charge in [0.25, 0.3) is 0 Å². The molecule has 1 unspecified atom stereocenters. The Morgan fingerprint density at radius 1 is 0.507 bits per heavy atom. The third-order valence-corrected chi connectivity index (χ3v) is 11.9. The first-order valence-corrected chi connectivity index (χ1v) is 23.2. The third kappa shape index (κ3) is 14.0. The van der Waals surface area contributed by atoms with Gasteiger partial charge in [-0.1, -0.05) is 122 Å². The molecular weight excluding hydrogens is 837 g/mol. The van der Waals surface area contributed by atoms with Crippen LogP contribution in [0.3, 0.4) is 0 Å². The first-order chi connectivity index (χ1) is 32.9. The molecule has 348 valence electrons. The molecule has 67 heavy (non-hydrogen) atoms. The van der Waals surface area contributed by atoms with Crippen LogP contribution >= 0.6 is 0 Å². The minimum absolute atomic E-state index is 0.206. The van der Waals surface area contributed by atoms with Crippen LogP contribution in [0.2, 0.25) is 0 Å². The molecule has 1 atom stereocenters. The summed E-state index contributed by atoms with van der Waals surface area (Å²) in [6.07, 6.45) is 22.6. The highest BCUT2D eigenvalue weighted by molar-refractivity contribution is 5.79. The van der Waals surface area contributed by atoms with E-state index in [0.717, 1.165) is 44.5 Å². The second-order valence-electron chi connectivity index (χ2n) is 16.7. The average molecular weight is 901 g/mol. The molecule has 0 saturated heterocycles. The zero-order valence-corrected chi connectivity index (χ0v) is 39.2. The van der Waals surface area contributed by atoms with Gasteiger partial charge < -0.3 is 37.9 Å². The van der Waals surface area contributed by atoms with Gasteiger partial charge in [-0.05, 0) is 91.3 Å². The van der Waals surface area contributed by atoms with Crippen molar-refractivity contribution in [1.29, 1.82) is 0 Å². The van der Waals surface area contributed by atoms with E-state index in [-0.39, 0.29) is 19.8 Å². The largest absolute Gasteiger partial charge is 0.491 e. The van der Waals surface area contributed by atoms with Crippen molar-refractivity contribution >= 4 is 0 Å². The monoisotopic (exact) mass is 900 g/mol. The van der Waals surface area contributed by atoms with Gasteiger partial charge in [0.15, 0.2) is 0 Å². The van der Waals surface area contributed by atoms with E-state index in [2.05, 4.69) is 91.9 Å². The number of hydrogen-bond acceptors (Lipinski definition) is 8. The molecule has 0 heterocycles. The van der Waals surface area contributed by atoms with Crippen LogP contribution in [0.15, 0.2) is 121 Å². The summed E-state index contributed by atoms with van der Waals surface area (Å²) in [5.41, 5.74) is 8.33. The molecule has 5 aromatic carbocycles. The van der Waals surface area contributed by atoms with Crippen LogP contribution in [0, 0.1) is 37.0 Å². The van der Waals surface area contributed by atoms with E-state index in [1.165, 1.54) is 37.7 Å². The number of rotatable bonds is 27. The van der Waals surface area contributed by atoms with E-state index in [9.17, 15) is 0 Å². The number of hydrogen-bond donors (Lipinski definition) is 0. The van der Waals surface area contributed by atoms with Crippen molar-refractivity contribution in [3.05, 3.63) is 144 Å². The SMILES string of the molecule is C#CCOCCOc1ccccc1-c1cc(C(C)(c2ccc(C3CCCCC3)cc2)c2ccc(OCCOCC(=C)C)c(-c3ccccc3OCCOCC#C)c2)ccc1OCCOCC#C. The Balaban J connectivity index is 1.50. The van der Waals surface area contributed by atoms with Crippen molar-refractivity contribution in [2.45, 2.75) is 57.3 Å². The predicted octanol–water partition coefficient (Wildman–Crippen LogP) is 11.5. The first kappa shape index (κ1) is 50.0. The molecular formula is C59H64O8. The lowest BCUT2D eigenvalue weighted by molar-refractivity contribution is 0.117. The second-order valence-corrected chi connectivity index (χ2v) is 16.7. The minimum Gasteiger partial charge on any atom is -0.491 e. The van der Waals surface area contributed by atoms with Crippen molar-refractivity contribution in [3.8, 4) is 82.3 Å². The Labute approximate surface area is 398 Å². The molecule has 6 rings (SSSR count). The lowest BCUT2D eigenvalue weighted by Crippen LogP contribution is -2.26. The minimum atomic E-state index is -0.704. The summed E-state index contributed by atoms with van der Waals surface area (Å²) in [7, 11) is 0. The van der Waals surface area contributed by atoms with E-state index in [0.29, 0.717) is 88.4 Å². The topological polar surface area (TPSA) is 73.8 Å². The first-order valence-electron chi connectivity index (χ1n) is 23.2. The van der Waals surface area contributed by atoms with Crippen LogP contribution in [-0.2, 0) is 24.4 Å². The Kier molecular flexibility index (Phi) is 19.9. The van der Waals surface area contributed by atoms with Gasteiger partial charge >= 0.3 is 0 Å². The molecule has 0 spiro atoms. The van der Waals surface area contributed by atoms with E-state index < -0.39 is 5.41 Å². The maximum atomic E-state index is 6.54. The fourth-order valence-electron chi connectivity index (χ4n) is 8.49. The van der Waals surface area contributed by atoms with Crippen molar-refractivity contribution in [1.82, 2.24) is 0 Å². The fraction of sp³-hybridized carbons (Fsp3) is 0.356. The third-order valence-electron chi connectivity index (χ3n) is 11.9. The normalized spacial score (nSPS) is 13.4. The summed E-state index contributed by atoms with van der Waals surface area (Å²) in [6, 6.07) is 38.1. The van der Waals surface area contributed by atoms with Gasteiger partial charge in [0.05, 0.1) is 33.0 Å². The van der Waals surface area contributed by atoms with Crippen molar-refractivity contribution in [3.63, 3.8) is 0 Å². The predicted molar refractivity (Wildman–Crippen MR) is 268 cm³/mol. The van der Waals surface area contributed by atoms with Crippen molar-refractivity contribution in [2.75, 3.05) is 79.3 Å². The van der Waals surface area contributed by atoms with E-state index in [4.69, 9.17) is 57.2 Å². The van der Waals surface area contributed by atoms with E-state index in [1.54, 1.807) is 0 Å². The van der Waals surface area contributed by atoms with E-state index in [1.807, 2.05) is 55.5 Å². The number of para-hydroxylation sites is 2. The van der Waals surface area contributed by atoms with Crippen LogP contribution in [0.25, 0.3) is 22.3 Å². The van der Waals surface area contributed by atoms with Crippen LogP contribution in [-0.4, -0.2) is 79.3 Å². The molecule has 0 bridgehead atoms. The summed E-state index contributed by atoms with van der Waals surface area (Å²) in [4.78, 5) is 0. The Bertz CT molecular complexity index is 2460. The van der Waals surface area contributed by atoms with Gasteiger partial charge in [-0.3, -0.25) is 0 Å². The standard InChI is InChI=1S/C59H64O8/c1-7-31-60-34-38-64-55-21-15-13-19-51(55)53-42-49(27-29-57(53)66-40-36-62-33-9-3)59(6,48-25-23-47(24-26-48)46-17-11-10-12-18-46)50-28-30-58(67-41-37-63-44-45(4)5)54(43-50)52-20-14-16-22-56(52)65-39-35-61-32-8-2/h1-3,13-16,19-30,42-43,46H,4,10-12,17-18,31-41,44H2,5-6H3. The molecule has 1 fully saturated rings. The van der Waals surface area contributed by atoms with Gasteiger partial charge in [-0.15, -0.1) is 19.3 Å². The van der Waals surface area contributed by atoms with Gasteiger partial charge in [0, 0.05) is 27.7 Å². The summed E-state index contributed by atoms with van der Waals surface area (Å²) in [5, 5.41) is 0. The molecule has 5 aromatic rings. The van der Waals surface area contributed by atoms with Crippen LogP contribution in [0.4, 0.5) is 0 Å². The Hall–Kier alpha value is -6.44. The quantitative estimate of drug-likeness (QED) is 0.0223. The summed E-state index contributed by atoms with van der Waals surface area (Å²) in [6.45, 7) is 12.0. The smallest absolute Gasteiger partial charge is 0.127 e. The summed E-state index contributed by atoms with van der Waals surface area (Å²) < 4.78 is 48.3. The second kappa shape index (κ2) is 26.6. The van der Waals surface area contributed by atoms with Crippen LogP contribution in [0.5, 0.6) is 23.0 Å². The number of benzene rings is 5. The lowest BCUT2D eigenvalue weighted by Gasteiger charge is -2.34. The van der Waals surface area contributed by atoms with Crippen LogP contribution in [0.1, 0.15) is 74.1 Å². The van der Waals surface area contributed by atoms with Gasteiger partial charge in [-0.2, -0.15) is 0 Å². The molecule has 0 amide bonds. The van der Waals surface area contributed by atoms with Gasteiger partial charge in [0.1, 0.15) is 69.2 Å². The Morgan fingerprint density at radius 3 is 1.34 bits per heavy atom. The molecule has 0 aliphatic heterocycles. The highest BCUT2D eigenvalue weighted by Crippen LogP contribution is 2.47. The Morgan fingerprint density at radius 2 is 0.910 bits per heavy atom. The maximum absolute atomic E-state index is 6.54. The summed E-state index contributed by atoms with van der Waals surface area (Å²) in [5.74, 6) is 10.9. The van der Waals surface area contributed by atoms with Gasteiger partial charge in [0.2, 0.25) is 0 Å². The zero-order valence-electron chi connectivity index (χ0n) is 39.2. The lowest BCUT2D eigenvalue weighted by atomic mass is 9.69. The molecule has 8 heteroatoms. The van der Waals surface area contributed by atoms with Crippen LogP contribution < -0.4 is 18.9 Å². The number of terminal acetylenes is 3. The highest BCUT2D eigenvalue weighted by atomic mass is 16.5. The molecule has 0 radical (unpaired) electrons. The molecule has 1 aliphatic rings. The molecule has 1 saturated carbocycles. The highest BCUT2D eigenvalue weighted by Gasteiger charge is 2.34. The van der Waals surface area contributed by atoms with Crippen molar-refractivity contribution in [2.24, 2.45) is 0 Å². The van der Waals surface area contributed by atoms with Gasteiger partial charge in [-0.25, -0.2) is 0 Å². The number of ether oxygens (including phenoxy) is 8. The maximum Gasteiger partial charge on any atom is 0.127 e. The van der Waals surface area contributed by atoms with Crippen molar-refractivity contribution < 1.29 is 37.9 Å². The summed E-state index contributed by atoms with van der Waals surface area (Å²) >= 11 is 0. The molecule has 0 aromatic heterocycles. The molecule has 1 aliphatic carbocycles.